The van der Waals surface area contributed by atoms with Crippen LogP contribution in [-0.4, -0.2) is 16.6 Å². The fourth-order valence-corrected chi connectivity index (χ4v) is 3.93. The zero-order valence-corrected chi connectivity index (χ0v) is 12.6. The number of thiazole rings is 1. The van der Waals surface area contributed by atoms with Crippen LogP contribution in [-0.2, 0) is 5.54 Å². The summed E-state index contributed by atoms with van der Waals surface area (Å²) in [6.45, 7) is 0.334. The second-order valence-electron chi connectivity index (χ2n) is 5.54. The molecule has 1 aromatic heterocycles. The summed E-state index contributed by atoms with van der Waals surface area (Å²) in [5.41, 5.74) is 0.192. The fraction of sp³-hybridized carbons (Fsp3) is 0.438. The van der Waals surface area contributed by atoms with Gasteiger partial charge in [0.05, 0.1) is 11.6 Å². The van der Waals surface area contributed by atoms with Crippen LogP contribution in [0.1, 0.15) is 42.4 Å². The van der Waals surface area contributed by atoms with Gasteiger partial charge < -0.3 is 10.4 Å². The van der Waals surface area contributed by atoms with Crippen LogP contribution in [0.3, 0.4) is 0 Å². The van der Waals surface area contributed by atoms with Gasteiger partial charge in [0.2, 0.25) is 0 Å². The van der Waals surface area contributed by atoms with E-state index in [4.69, 9.17) is 0 Å². The molecule has 0 spiro atoms. The van der Waals surface area contributed by atoms with E-state index in [0.29, 0.717) is 12.1 Å². The molecule has 0 amide bonds. The summed E-state index contributed by atoms with van der Waals surface area (Å²) in [4.78, 5) is 4.44. The van der Waals surface area contributed by atoms with Gasteiger partial charge in [-0.15, -0.1) is 11.3 Å². The summed E-state index contributed by atoms with van der Waals surface area (Å²) in [6, 6.07) is 6.39. The molecule has 0 bridgehead atoms. The number of aliphatic hydroxyl groups excluding tert-OH is 1. The average molecular weight is 306 g/mol. The Hall–Kier alpha value is -1.30. The van der Waals surface area contributed by atoms with Crippen molar-refractivity contribution in [2.24, 2.45) is 0 Å². The van der Waals surface area contributed by atoms with Crippen LogP contribution in [0.2, 0.25) is 0 Å². The molecule has 1 fully saturated rings. The van der Waals surface area contributed by atoms with Crippen LogP contribution in [0.15, 0.2) is 35.8 Å². The maximum Gasteiger partial charge on any atom is 0.129 e. The van der Waals surface area contributed by atoms with Gasteiger partial charge in [0.15, 0.2) is 0 Å². The van der Waals surface area contributed by atoms with Crippen molar-refractivity contribution in [2.45, 2.75) is 37.3 Å². The first-order valence-corrected chi connectivity index (χ1v) is 8.17. The molecule has 1 aliphatic carbocycles. The van der Waals surface area contributed by atoms with Crippen molar-refractivity contribution in [3.05, 3.63) is 52.2 Å². The first-order valence-electron chi connectivity index (χ1n) is 7.29. The minimum Gasteiger partial charge on any atom is -0.387 e. The molecule has 0 radical (unpaired) electrons. The molecule has 1 aromatic carbocycles. The van der Waals surface area contributed by atoms with E-state index in [1.165, 1.54) is 6.07 Å². The van der Waals surface area contributed by atoms with E-state index in [1.54, 1.807) is 29.5 Å². The molecule has 0 aliphatic heterocycles. The van der Waals surface area contributed by atoms with Crippen molar-refractivity contribution in [1.29, 1.82) is 0 Å². The Bertz CT molecular complexity index is 582. The Kier molecular flexibility index (Phi) is 4.33. The Balaban J connectivity index is 1.72. The predicted molar refractivity (Wildman–Crippen MR) is 81.6 cm³/mol. The standard InChI is InChI=1S/C16H19FN2OS/c17-13-6-2-1-5-12(13)14(20)11-19-16(7-3-4-8-16)15-18-9-10-21-15/h1-2,5-6,9-10,14,19-20H,3-4,7-8,11H2. The summed E-state index contributed by atoms with van der Waals surface area (Å²) in [5, 5.41) is 16.8. The molecule has 2 aromatic rings. The van der Waals surface area contributed by atoms with Crippen molar-refractivity contribution in [3.8, 4) is 0 Å². The summed E-state index contributed by atoms with van der Waals surface area (Å²) < 4.78 is 13.7. The number of rotatable bonds is 5. The van der Waals surface area contributed by atoms with Gasteiger partial charge in [0.25, 0.3) is 0 Å². The van der Waals surface area contributed by atoms with Gasteiger partial charge in [-0.2, -0.15) is 0 Å². The van der Waals surface area contributed by atoms with Crippen molar-refractivity contribution < 1.29 is 9.50 Å². The number of halogens is 1. The second-order valence-corrected chi connectivity index (χ2v) is 6.44. The van der Waals surface area contributed by atoms with Crippen molar-refractivity contribution in [1.82, 2.24) is 10.3 Å². The van der Waals surface area contributed by atoms with E-state index in [-0.39, 0.29) is 11.4 Å². The first kappa shape index (κ1) is 14.6. The normalized spacial score (nSPS) is 18.8. The molecule has 112 valence electrons. The molecule has 1 unspecified atom stereocenters. The predicted octanol–water partition coefficient (Wildman–Crippen LogP) is 3.37. The number of aliphatic hydroxyl groups is 1. The zero-order chi connectivity index (χ0) is 14.7. The quantitative estimate of drug-likeness (QED) is 0.890. The van der Waals surface area contributed by atoms with Gasteiger partial charge in [-0.05, 0) is 18.9 Å². The maximum absolute atomic E-state index is 13.7. The highest BCUT2D eigenvalue weighted by atomic mass is 32.1. The average Bonchev–Trinajstić information content (AvgIpc) is 3.17. The first-order chi connectivity index (χ1) is 10.2. The molecular formula is C16H19FN2OS. The van der Waals surface area contributed by atoms with Crippen molar-refractivity contribution in [3.63, 3.8) is 0 Å². The Morgan fingerprint density at radius 1 is 1.33 bits per heavy atom. The Morgan fingerprint density at radius 2 is 2.10 bits per heavy atom. The molecule has 1 aliphatic rings. The van der Waals surface area contributed by atoms with E-state index in [0.717, 1.165) is 30.7 Å². The van der Waals surface area contributed by atoms with E-state index < -0.39 is 6.10 Å². The van der Waals surface area contributed by atoms with Gasteiger partial charge in [-0.1, -0.05) is 31.0 Å². The second kappa shape index (κ2) is 6.22. The fourth-order valence-electron chi connectivity index (χ4n) is 3.05. The lowest BCUT2D eigenvalue weighted by Gasteiger charge is -2.29. The van der Waals surface area contributed by atoms with Gasteiger partial charge in [0, 0.05) is 23.7 Å². The molecule has 2 N–H and O–H groups in total. The highest BCUT2D eigenvalue weighted by molar-refractivity contribution is 7.09. The molecule has 21 heavy (non-hydrogen) atoms. The van der Waals surface area contributed by atoms with E-state index in [1.807, 2.05) is 11.6 Å². The smallest absolute Gasteiger partial charge is 0.129 e. The molecule has 1 heterocycles. The monoisotopic (exact) mass is 306 g/mol. The zero-order valence-electron chi connectivity index (χ0n) is 11.8. The maximum atomic E-state index is 13.7. The van der Waals surface area contributed by atoms with Crippen LogP contribution >= 0.6 is 11.3 Å². The van der Waals surface area contributed by atoms with Crippen molar-refractivity contribution in [2.75, 3.05) is 6.54 Å². The molecule has 1 atom stereocenters. The lowest BCUT2D eigenvalue weighted by Crippen LogP contribution is -2.42. The Labute approximate surface area is 127 Å². The summed E-state index contributed by atoms with van der Waals surface area (Å²) >= 11 is 1.64. The topological polar surface area (TPSA) is 45.1 Å². The van der Waals surface area contributed by atoms with Gasteiger partial charge in [-0.25, -0.2) is 9.37 Å². The molecule has 0 saturated heterocycles. The number of aromatic nitrogens is 1. The SMILES string of the molecule is OC(CNC1(c2nccs2)CCCC1)c1ccccc1F. The summed E-state index contributed by atoms with van der Waals surface area (Å²) in [6.07, 6.45) is 5.32. The number of benzene rings is 1. The molecule has 1 saturated carbocycles. The van der Waals surface area contributed by atoms with Crippen LogP contribution in [0.25, 0.3) is 0 Å². The van der Waals surface area contributed by atoms with Gasteiger partial charge in [-0.3, -0.25) is 0 Å². The lowest BCUT2D eigenvalue weighted by atomic mass is 9.97. The van der Waals surface area contributed by atoms with Gasteiger partial charge in [0.1, 0.15) is 10.8 Å². The molecular weight excluding hydrogens is 287 g/mol. The highest BCUT2D eigenvalue weighted by Gasteiger charge is 2.37. The number of hydrogen-bond donors (Lipinski definition) is 2. The minimum absolute atomic E-state index is 0.152. The van der Waals surface area contributed by atoms with Crippen LogP contribution in [0.4, 0.5) is 4.39 Å². The van der Waals surface area contributed by atoms with Gasteiger partial charge >= 0.3 is 0 Å². The summed E-state index contributed by atoms with van der Waals surface area (Å²) in [5.74, 6) is -0.360. The molecule has 3 rings (SSSR count). The highest BCUT2D eigenvalue weighted by Crippen LogP contribution is 2.39. The molecule has 5 heteroatoms. The van der Waals surface area contributed by atoms with Crippen LogP contribution < -0.4 is 5.32 Å². The third-order valence-electron chi connectivity index (χ3n) is 4.20. The minimum atomic E-state index is -0.844. The lowest BCUT2D eigenvalue weighted by molar-refractivity contribution is 0.151. The largest absolute Gasteiger partial charge is 0.387 e. The van der Waals surface area contributed by atoms with E-state index in [2.05, 4.69) is 10.3 Å². The summed E-state index contributed by atoms with van der Waals surface area (Å²) in [7, 11) is 0. The van der Waals surface area contributed by atoms with Crippen molar-refractivity contribution >= 4 is 11.3 Å². The molecule has 3 nitrogen and oxygen atoms in total. The number of nitrogens with zero attached hydrogens (tertiary/aromatic N) is 1. The van der Waals surface area contributed by atoms with Crippen LogP contribution in [0.5, 0.6) is 0 Å². The van der Waals surface area contributed by atoms with E-state index in [9.17, 15) is 9.50 Å². The van der Waals surface area contributed by atoms with Crippen LogP contribution in [0, 0.1) is 5.82 Å². The van der Waals surface area contributed by atoms with E-state index >= 15 is 0 Å². The third kappa shape index (κ3) is 3.00. The number of hydrogen-bond acceptors (Lipinski definition) is 4. The Morgan fingerprint density at radius 3 is 2.76 bits per heavy atom. The number of nitrogens with one attached hydrogen (secondary N) is 1. The third-order valence-corrected chi connectivity index (χ3v) is 5.17.